The molecule has 2 atom stereocenters. The largest absolute Gasteiger partial charge is 0.310 e. The molecular weight excluding hydrogens is 244 g/mol. The standard InChI is InChI=1S/C18H24N2/c1-13-7-14(2)9-18(8-13)20-11-15-3-4-17-12-19-6-5-16(17)10-15/h3-6,10,12-14,18,20H,7-9,11H2,1-2H3. The normalized spacial score (nSPS) is 26.8. The van der Waals surface area contributed by atoms with Crippen molar-refractivity contribution < 1.29 is 0 Å². The second-order valence-corrected chi connectivity index (χ2v) is 6.55. The Kier molecular flexibility index (Phi) is 4.02. The summed E-state index contributed by atoms with van der Waals surface area (Å²) >= 11 is 0. The van der Waals surface area contributed by atoms with Crippen LogP contribution in [-0.4, -0.2) is 11.0 Å². The number of aromatic nitrogens is 1. The monoisotopic (exact) mass is 268 g/mol. The molecule has 2 nitrogen and oxygen atoms in total. The van der Waals surface area contributed by atoms with Gasteiger partial charge in [0.25, 0.3) is 0 Å². The van der Waals surface area contributed by atoms with Crippen molar-refractivity contribution in [3.8, 4) is 0 Å². The quantitative estimate of drug-likeness (QED) is 0.904. The van der Waals surface area contributed by atoms with Gasteiger partial charge in [0.15, 0.2) is 0 Å². The minimum atomic E-state index is 0.682. The lowest BCUT2D eigenvalue weighted by Gasteiger charge is -2.32. The second-order valence-electron chi connectivity index (χ2n) is 6.55. The molecule has 0 aliphatic heterocycles. The van der Waals surface area contributed by atoms with Gasteiger partial charge in [-0.3, -0.25) is 4.98 Å². The molecule has 1 aliphatic carbocycles. The van der Waals surface area contributed by atoms with Gasteiger partial charge < -0.3 is 5.32 Å². The molecule has 2 aromatic rings. The molecule has 1 aromatic carbocycles. The Hall–Kier alpha value is -1.41. The van der Waals surface area contributed by atoms with Crippen LogP contribution < -0.4 is 5.32 Å². The van der Waals surface area contributed by atoms with E-state index in [0.717, 1.165) is 18.4 Å². The van der Waals surface area contributed by atoms with Crippen molar-refractivity contribution in [1.29, 1.82) is 0 Å². The number of hydrogen-bond donors (Lipinski definition) is 1. The van der Waals surface area contributed by atoms with Crippen LogP contribution in [0.5, 0.6) is 0 Å². The van der Waals surface area contributed by atoms with Crippen molar-refractivity contribution in [2.45, 2.75) is 45.7 Å². The molecule has 20 heavy (non-hydrogen) atoms. The highest BCUT2D eigenvalue weighted by atomic mass is 14.9. The zero-order valence-electron chi connectivity index (χ0n) is 12.5. The Morgan fingerprint density at radius 3 is 2.65 bits per heavy atom. The summed E-state index contributed by atoms with van der Waals surface area (Å²) in [5, 5.41) is 6.25. The van der Waals surface area contributed by atoms with Crippen LogP contribution in [0, 0.1) is 11.8 Å². The lowest BCUT2D eigenvalue weighted by Crippen LogP contribution is -2.35. The molecule has 0 saturated heterocycles. The summed E-state index contributed by atoms with van der Waals surface area (Å²) in [4.78, 5) is 4.16. The fourth-order valence-corrected chi connectivity index (χ4v) is 3.62. The third-order valence-corrected chi connectivity index (χ3v) is 4.48. The van der Waals surface area contributed by atoms with Crippen molar-refractivity contribution in [3.05, 3.63) is 42.2 Å². The van der Waals surface area contributed by atoms with Crippen LogP contribution in [0.2, 0.25) is 0 Å². The van der Waals surface area contributed by atoms with Gasteiger partial charge in [0, 0.05) is 30.4 Å². The second kappa shape index (κ2) is 5.92. The number of nitrogens with zero attached hydrogens (tertiary/aromatic N) is 1. The van der Waals surface area contributed by atoms with Gasteiger partial charge in [-0.15, -0.1) is 0 Å². The summed E-state index contributed by atoms with van der Waals surface area (Å²) in [7, 11) is 0. The third kappa shape index (κ3) is 3.18. The molecule has 1 fully saturated rings. The highest BCUT2D eigenvalue weighted by molar-refractivity contribution is 5.81. The zero-order valence-corrected chi connectivity index (χ0v) is 12.5. The van der Waals surface area contributed by atoms with Gasteiger partial charge in [-0.05, 0) is 54.2 Å². The fraction of sp³-hybridized carbons (Fsp3) is 0.500. The lowest BCUT2D eigenvalue weighted by atomic mass is 9.80. The van der Waals surface area contributed by atoms with E-state index in [-0.39, 0.29) is 0 Å². The average Bonchev–Trinajstić information content (AvgIpc) is 2.44. The maximum Gasteiger partial charge on any atom is 0.0346 e. The third-order valence-electron chi connectivity index (χ3n) is 4.48. The van der Waals surface area contributed by atoms with Gasteiger partial charge in [0.1, 0.15) is 0 Å². The van der Waals surface area contributed by atoms with Gasteiger partial charge in [0.05, 0.1) is 0 Å². The summed E-state index contributed by atoms with van der Waals surface area (Å²) in [6.45, 7) is 5.74. The first kappa shape index (κ1) is 13.6. The van der Waals surface area contributed by atoms with Gasteiger partial charge in [0.2, 0.25) is 0 Å². The summed E-state index contributed by atoms with van der Waals surface area (Å²) in [5.74, 6) is 1.72. The van der Waals surface area contributed by atoms with Gasteiger partial charge in [-0.25, -0.2) is 0 Å². The van der Waals surface area contributed by atoms with Crippen LogP contribution in [0.3, 0.4) is 0 Å². The van der Waals surface area contributed by atoms with Crippen molar-refractivity contribution in [2.75, 3.05) is 0 Å². The zero-order chi connectivity index (χ0) is 13.9. The van der Waals surface area contributed by atoms with Gasteiger partial charge >= 0.3 is 0 Å². The van der Waals surface area contributed by atoms with Crippen molar-refractivity contribution >= 4 is 10.8 Å². The van der Waals surface area contributed by atoms with E-state index in [9.17, 15) is 0 Å². The molecule has 106 valence electrons. The summed E-state index contributed by atoms with van der Waals surface area (Å²) < 4.78 is 0. The van der Waals surface area contributed by atoms with Gasteiger partial charge in [-0.2, -0.15) is 0 Å². The Morgan fingerprint density at radius 2 is 1.85 bits per heavy atom. The maximum absolute atomic E-state index is 4.16. The Balaban J connectivity index is 1.64. The van der Waals surface area contributed by atoms with E-state index < -0.39 is 0 Å². The Morgan fingerprint density at radius 1 is 1.05 bits per heavy atom. The molecule has 0 bridgehead atoms. The first-order valence-electron chi connectivity index (χ1n) is 7.77. The number of nitrogens with one attached hydrogen (secondary N) is 1. The van der Waals surface area contributed by atoms with E-state index in [1.165, 1.54) is 35.6 Å². The van der Waals surface area contributed by atoms with E-state index in [4.69, 9.17) is 0 Å². The van der Waals surface area contributed by atoms with E-state index in [1.54, 1.807) is 0 Å². The molecule has 0 spiro atoms. The van der Waals surface area contributed by atoms with E-state index in [2.05, 4.69) is 48.4 Å². The van der Waals surface area contributed by atoms with Crippen molar-refractivity contribution in [2.24, 2.45) is 11.8 Å². The first-order chi connectivity index (χ1) is 9.70. The molecule has 1 aliphatic rings. The number of fused-ring (bicyclic) bond motifs is 1. The fourth-order valence-electron chi connectivity index (χ4n) is 3.62. The van der Waals surface area contributed by atoms with Crippen LogP contribution >= 0.6 is 0 Å². The molecular formula is C18H24N2. The van der Waals surface area contributed by atoms with E-state index in [0.29, 0.717) is 6.04 Å². The predicted molar refractivity (Wildman–Crippen MR) is 84.5 cm³/mol. The molecule has 1 aromatic heterocycles. The Labute approximate surface area is 121 Å². The first-order valence-corrected chi connectivity index (χ1v) is 7.77. The predicted octanol–water partition coefficient (Wildman–Crippen LogP) is 4.15. The van der Waals surface area contributed by atoms with Crippen LogP contribution in [-0.2, 0) is 6.54 Å². The molecule has 2 heteroatoms. The molecule has 2 unspecified atom stereocenters. The number of hydrogen-bond acceptors (Lipinski definition) is 2. The molecule has 1 saturated carbocycles. The average molecular weight is 268 g/mol. The van der Waals surface area contributed by atoms with Gasteiger partial charge in [-0.1, -0.05) is 26.0 Å². The number of pyridine rings is 1. The molecule has 1 N–H and O–H groups in total. The molecule has 0 amide bonds. The molecule has 3 rings (SSSR count). The Bertz CT molecular complexity index is 568. The summed E-state index contributed by atoms with van der Waals surface area (Å²) in [5.41, 5.74) is 1.37. The van der Waals surface area contributed by atoms with Crippen LogP contribution in [0.1, 0.15) is 38.7 Å². The van der Waals surface area contributed by atoms with Crippen LogP contribution in [0.4, 0.5) is 0 Å². The number of rotatable bonds is 3. The molecule has 1 heterocycles. The summed E-state index contributed by atoms with van der Waals surface area (Å²) in [6, 6.07) is 9.43. The smallest absolute Gasteiger partial charge is 0.0346 e. The SMILES string of the molecule is CC1CC(C)CC(NCc2ccc3cnccc3c2)C1. The highest BCUT2D eigenvalue weighted by Gasteiger charge is 2.23. The maximum atomic E-state index is 4.16. The van der Waals surface area contributed by atoms with Crippen molar-refractivity contribution in [3.63, 3.8) is 0 Å². The topological polar surface area (TPSA) is 24.9 Å². The van der Waals surface area contributed by atoms with Crippen LogP contribution in [0.25, 0.3) is 10.8 Å². The summed E-state index contributed by atoms with van der Waals surface area (Å²) in [6.07, 6.45) is 7.83. The highest BCUT2D eigenvalue weighted by Crippen LogP contribution is 2.28. The minimum absolute atomic E-state index is 0.682. The van der Waals surface area contributed by atoms with E-state index in [1.807, 2.05) is 12.4 Å². The lowest BCUT2D eigenvalue weighted by molar-refractivity contribution is 0.238. The van der Waals surface area contributed by atoms with Crippen molar-refractivity contribution in [1.82, 2.24) is 10.3 Å². The minimum Gasteiger partial charge on any atom is -0.310 e. The molecule has 0 radical (unpaired) electrons. The van der Waals surface area contributed by atoms with E-state index >= 15 is 0 Å². The van der Waals surface area contributed by atoms with Crippen LogP contribution in [0.15, 0.2) is 36.7 Å². The number of benzene rings is 1.